The lowest BCUT2D eigenvalue weighted by atomic mass is 10.1. The van der Waals surface area contributed by atoms with Gasteiger partial charge < -0.3 is 9.80 Å². The first-order valence-corrected chi connectivity index (χ1v) is 12.5. The average molecular weight is 529 g/mol. The molecule has 190 valence electrons. The monoisotopic (exact) mass is 528 g/mol. The van der Waals surface area contributed by atoms with E-state index in [4.69, 9.17) is 0 Å². The van der Waals surface area contributed by atoms with E-state index in [-0.39, 0.29) is 30.1 Å². The average Bonchev–Trinajstić information content (AvgIpc) is 3.28. The zero-order chi connectivity index (χ0) is 26.8. The number of aliphatic imine (C=N–C) groups is 1. The summed E-state index contributed by atoms with van der Waals surface area (Å²) in [4.78, 5) is 45.5. The van der Waals surface area contributed by atoms with Crippen molar-refractivity contribution in [3.63, 3.8) is 0 Å². The number of rotatable bonds is 6. The van der Waals surface area contributed by atoms with Gasteiger partial charge in [-0.3, -0.25) is 24.7 Å². The van der Waals surface area contributed by atoms with Crippen LogP contribution < -0.4 is 4.90 Å². The third kappa shape index (κ3) is 4.81. The van der Waals surface area contributed by atoms with Gasteiger partial charge in [0.25, 0.3) is 11.6 Å². The summed E-state index contributed by atoms with van der Waals surface area (Å²) in [7, 11) is 0. The minimum absolute atomic E-state index is 0.0829. The minimum atomic E-state index is -0.534. The molecular formula is C28H21FN4O4S. The number of fused-ring (bicyclic) bond motifs is 3. The van der Waals surface area contributed by atoms with Crippen LogP contribution in [0.2, 0.25) is 0 Å². The molecule has 0 aliphatic carbocycles. The molecule has 0 spiro atoms. The van der Waals surface area contributed by atoms with Crippen molar-refractivity contribution in [3.8, 4) is 10.4 Å². The molecule has 0 radical (unpaired) electrons. The van der Waals surface area contributed by atoms with Crippen LogP contribution in [0.25, 0.3) is 10.4 Å². The molecule has 0 saturated carbocycles. The fraction of sp³-hybridized carbons (Fsp3) is 0.107. The van der Waals surface area contributed by atoms with Crippen LogP contribution in [0.1, 0.15) is 25.6 Å². The minimum Gasteiger partial charge on any atom is -0.339 e. The highest BCUT2D eigenvalue weighted by Gasteiger charge is 2.28. The quantitative estimate of drug-likeness (QED) is 0.175. The van der Waals surface area contributed by atoms with Crippen LogP contribution >= 0.6 is 11.3 Å². The summed E-state index contributed by atoms with van der Waals surface area (Å²) in [6, 6.07) is 11.4. The van der Waals surface area contributed by atoms with Crippen LogP contribution in [0.5, 0.6) is 0 Å². The van der Waals surface area contributed by atoms with Gasteiger partial charge in [-0.05, 0) is 67.3 Å². The molecule has 0 bridgehead atoms. The highest BCUT2D eigenvalue weighted by molar-refractivity contribution is 7.17. The highest BCUT2D eigenvalue weighted by Crippen LogP contribution is 2.42. The summed E-state index contributed by atoms with van der Waals surface area (Å²) in [6.07, 6.45) is 9.36. The molecule has 2 aromatic carbocycles. The van der Waals surface area contributed by atoms with E-state index in [9.17, 15) is 24.1 Å². The molecule has 0 saturated heterocycles. The van der Waals surface area contributed by atoms with Gasteiger partial charge in [0.1, 0.15) is 5.82 Å². The molecule has 5 rings (SSSR count). The number of thiophene rings is 1. The molecule has 8 nitrogen and oxygen atoms in total. The first kappa shape index (κ1) is 25.0. The van der Waals surface area contributed by atoms with Gasteiger partial charge in [0.05, 0.1) is 27.7 Å². The van der Waals surface area contributed by atoms with E-state index in [0.29, 0.717) is 22.5 Å². The first-order valence-electron chi connectivity index (χ1n) is 11.7. The van der Waals surface area contributed by atoms with Gasteiger partial charge in [-0.2, -0.15) is 0 Å². The Balaban J connectivity index is 1.46. The van der Waals surface area contributed by atoms with Crippen molar-refractivity contribution in [3.05, 3.63) is 117 Å². The Morgan fingerprint density at radius 2 is 1.95 bits per heavy atom. The Bertz CT molecular complexity index is 1560. The topological polar surface area (TPSA) is 96.1 Å². The predicted molar refractivity (Wildman–Crippen MR) is 145 cm³/mol. The number of benzene rings is 2. The number of carbonyl (C=O) groups is 2. The van der Waals surface area contributed by atoms with Crippen LogP contribution in [-0.2, 0) is 6.42 Å². The van der Waals surface area contributed by atoms with Crippen LogP contribution in [0.3, 0.4) is 0 Å². The van der Waals surface area contributed by atoms with Crippen LogP contribution in [0.15, 0.2) is 89.8 Å². The Morgan fingerprint density at radius 1 is 1.16 bits per heavy atom. The van der Waals surface area contributed by atoms with E-state index in [1.54, 1.807) is 23.4 Å². The molecule has 10 heteroatoms. The standard InChI is InChI=1S/C28H21FN4O4S/c1-30-16-22-4-2-3-12-31(22)17-25(34)26-14-19-11-13-32(24-15-20(29)7-10-23(24)27(19)38-26)28(35)18-5-8-21(9-6-18)33(36)37/h2-10,12,14-16H,1,11,13,17H2/b22-16-. The summed E-state index contributed by atoms with van der Waals surface area (Å²) in [6.45, 7) is 3.84. The Kier molecular flexibility index (Phi) is 6.80. The molecule has 38 heavy (non-hydrogen) atoms. The number of nitro benzene ring substituents is 1. The van der Waals surface area contributed by atoms with Crippen molar-refractivity contribution in [2.24, 2.45) is 4.99 Å². The van der Waals surface area contributed by atoms with E-state index < -0.39 is 16.6 Å². The summed E-state index contributed by atoms with van der Waals surface area (Å²) < 4.78 is 14.4. The third-order valence-electron chi connectivity index (χ3n) is 6.27. The fourth-order valence-electron chi connectivity index (χ4n) is 4.42. The molecular weight excluding hydrogens is 507 g/mol. The maximum atomic E-state index is 14.4. The van der Waals surface area contributed by atoms with Gasteiger partial charge in [0, 0.05) is 47.1 Å². The lowest BCUT2D eigenvalue weighted by molar-refractivity contribution is -0.384. The predicted octanol–water partition coefficient (Wildman–Crippen LogP) is 5.78. The first-order chi connectivity index (χ1) is 18.4. The molecule has 1 amide bonds. The van der Waals surface area contributed by atoms with Crippen molar-refractivity contribution in [1.82, 2.24) is 4.90 Å². The van der Waals surface area contributed by atoms with Gasteiger partial charge in [0.15, 0.2) is 5.78 Å². The number of Topliss-reactive ketones (excluding diaryl/α,β-unsaturated/α-hetero) is 1. The number of anilines is 1. The number of non-ortho nitro benzene ring substituents is 1. The van der Waals surface area contributed by atoms with Crippen molar-refractivity contribution < 1.29 is 18.9 Å². The van der Waals surface area contributed by atoms with Crippen LogP contribution in [0.4, 0.5) is 15.8 Å². The lowest BCUT2D eigenvalue weighted by Crippen LogP contribution is -2.32. The Hall–Kier alpha value is -4.70. The fourth-order valence-corrected chi connectivity index (χ4v) is 5.60. The highest BCUT2D eigenvalue weighted by atomic mass is 32.1. The lowest BCUT2D eigenvalue weighted by Gasteiger charge is -2.23. The number of nitro groups is 1. The molecule has 1 aromatic heterocycles. The second-order valence-corrected chi connectivity index (χ2v) is 9.68. The van der Waals surface area contributed by atoms with E-state index in [2.05, 4.69) is 11.7 Å². The molecule has 0 atom stereocenters. The normalized spacial score (nSPS) is 15.1. The SMILES string of the molecule is C=N/C=C1/C=CC=CN1CC(=O)c1cc2c(s1)-c1ccc(F)cc1N(C(=O)c1ccc([N+](=O)[O-])cc1)CC2. The number of amides is 1. The molecule has 0 fully saturated rings. The van der Waals surface area contributed by atoms with Crippen molar-refractivity contribution in [2.75, 3.05) is 18.0 Å². The van der Waals surface area contributed by atoms with Gasteiger partial charge in [-0.15, -0.1) is 11.3 Å². The summed E-state index contributed by atoms with van der Waals surface area (Å²) in [5, 5.41) is 11.0. The smallest absolute Gasteiger partial charge is 0.269 e. The second kappa shape index (κ2) is 10.3. The summed E-state index contributed by atoms with van der Waals surface area (Å²) in [5.74, 6) is -0.972. The van der Waals surface area contributed by atoms with E-state index >= 15 is 0 Å². The summed E-state index contributed by atoms with van der Waals surface area (Å²) in [5.41, 5.74) is 2.81. The maximum absolute atomic E-state index is 14.4. The van der Waals surface area contributed by atoms with E-state index in [1.165, 1.54) is 52.6 Å². The zero-order valence-electron chi connectivity index (χ0n) is 20.0. The molecule has 0 N–H and O–H groups in total. The molecule has 2 aliphatic rings. The van der Waals surface area contributed by atoms with E-state index in [1.807, 2.05) is 24.3 Å². The molecule has 3 heterocycles. The number of halogens is 1. The zero-order valence-corrected chi connectivity index (χ0v) is 20.9. The van der Waals surface area contributed by atoms with Gasteiger partial charge in [0.2, 0.25) is 0 Å². The number of nitrogens with zero attached hydrogens (tertiary/aromatic N) is 4. The number of hydrogen-bond donors (Lipinski definition) is 0. The van der Waals surface area contributed by atoms with Crippen molar-refractivity contribution >= 4 is 41.1 Å². The molecule has 3 aromatic rings. The number of allylic oxidation sites excluding steroid dienone is 3. The Labute approximate surface area is 221 Å². The van der Waals surface area contributed by atoms with Crippen LogP contribution in [-0.4, -0.2) is 41.3 Å². The molecule has 0 unspecified atom stereocenters. The largest absolute Gasteiger partial charge is 0.339 e. The van der Waals surface area contributed by atoms with Gasteiger partial charge in [-0.25, -0.2) is 4.39 Å². The van der Waals surface area contributed by atoms with Gasteiger partial charge >= 0.3 is 0 Å². The third-order valence-corrected chi connectivity index (χ3v) is 7.52. The van der Waals surface area contributed by atoms with Crippen molar-refractivity contribution in [1.29, 1.82) is 0 Å². The summed E-state index contributed by atoms with van der Waals surface area (Å²) >= 11 is 1.31. The Morgan fingerprint density at radius 3 is 2.68 bits per heavy atom. The van der Waals surface area contributed by atoms with Crippen molar-refractivity contribution in [2.45, 2.75) is 6.42 Å². The second-order valence-electron chi connectivity index (χ2n) is 8.63. The maximum Gasteiger partial charge on any atom is 0.269 e. The number of hydrogen-bond acceptors (Lipinski definition) is 7. The van der Waals surface area contributed by atoms with Crippen LogP contribution in [0, 0.1) is 15.9 Å². The number of carbonyl (C=O) groups excluding carboxylic acids is 2. The van der Waals surface area contributed by atoms with E-state index in [0.717, 1.165) is 16.1 Å². The number of ketones is 1. The molecule has 2 aliphatic heterocycles. The van der Waals surface area contributed by atoms with Gasteiger partial charge in [-0.1, -0.05) is 6.08 Å².